The predicted octanol–water partition coefficient (Wildman–Crippen LogP) is 2.09. The maximum absolute atomic E-state index is 11.9. The number of nitrogens with one attached hydrogen (secondary N) is 1. The van der Waals surface area contributed by atoms with E-state index in [1.807, 2.05) is 17.8 Å². The van der Waals surface area contributed by atoms with Crippen LogP contribution in [-0.4, -0.2) is 72.9 Å². The van der Waals surface area contributed by atoms with Crippen molar-refractivity contribution >= 4 is 23.6 Å². The summed E-state index contributed by atoms with van der Waals surface area (Å²) in [6.07, 6.45) is 2.11. The summed E-state index contributed by atoms with van der Waals surface area (Å²) in [7, 11) is 3.54. The second kappa shape index (κ2) is 10.3. The summed E-state index contributed by atoms with van der Waals surface area (Å²) in [5, 5.41) is 4.11. The van der Waals surface area contributed by atoms with Crippen molar-refractivity contribution in [2.75, 3.05) is 46.0 Å². The largest absolute Gasteiger partial charge is 0.356 e. The van der Waals surface area contributed by atoms with Crippen LogP contribution in [0.4, 0.5) is 0 Å². The molecule has 6 heteroatoms. The van der Waals surface area contributed by atoms with Crippen molar-refractivity contribution in [3.63, 3.8) is 0 Å². The summed E-state index contributed by atoms with van der Waals surface area (Å²) in [4.78, 5) is 20.4. The van der Waals surface area contributed by atoms with Crippen LogP contribution < -0.4 is 5.32 Å². The number of benzene rings is 1. The number of amides is 1. The van der Waals surface area contributed by atoms with Gasteiger partial charge in [0.2, 0.25) is 5.91 Å². The van der Waals surface area contributed by atoms with Crippen LogP contribution >= 0.6 is 11.8 Å². The second-order valence-corrected chi connectivity index (χ2v) is 7.85. The van der Waals surface area contributed by atoms with E-state index in [9.17, 15) is 4.79 Å². The summed E-state index contributed by atoms with van der Waals surface area (Å²) in [6.45, 7) is 5.22. The highest BCUT2D eigenvalue weighted by atomic mass is 32.2. The van der Waals surface area contributed by atoms with E-state index in [-0.39, 0.29) is 12.5 Å². The van der Waals surface area contributed by atoms with E-state index >= 15 is 0 Å². The average molecular weight is 363 g/mol. The van der Waals surface area contributed by atoms with Crippen LogP contribution in [0.3, 0.4) is 0 Å². The molecule has 138 valence electrons. The molecule has 0 saturated carbocycles. The molecule has 0 bridgehead atoms. The van der Waals surface area contributed by atoms with Gasteiger partial charge in [-0.25, -0.2) is 4.99 Å². The van der Waals surface area contributed by atoms with E-state index in [4.69, 9.17) is 0 Å². The first-order valence-corrected chi connectivity index (χ1v) is 10.0. The van der Waals surface area contributed by atoms with E-state index < -0.39 is 0 Å². The second-order valence-electron chi connectivity index (χ2n) is 6.44. The molecule has 1 saturated heterocycles. The number of hydrogen-bond acceptors (Lipinski definition) is 3. The van der Waals surface area contributed by atoms with Crippen molar-refractivity contribution in [3.8, 4) is 0 Å². The molecule has 0 aliphatic carbocycles. The van der Waals surface area contributed by atoms with Gasteiger partial charge >= 0.3 is 0 Å². The average Bonchev–Trinajstić information content (AvgIpc) is 2.65. The first-order valence-electron chi connectivity index (χ1n) is 8.99. The Bertz CT molecular complexity index is 562. The molecular weight excluding hydrogens is 332 g/mol. The molecule has 1 aliphatic heterocycles. The number of carbonyl (C=O) groups is 1. The summed E-state index contributed by atoms with van der Waals surface area (Å²) in [5.41, 5.74) is 1.30. The molecule has 0 aromatic heterocycles. The molecule has 0 spiro atoms. The zero-order valence-corrected chi connectivity index (χ0v) is 16.4. The van der Waals surface area contributed by atoms with E-state index in [2.05, 4.69) is 46.4 Å². The Balaban J connectivity index is 1.98. The molecule has 1 unspecified atom stereocenters. The van der Waals surface area contributed by atoms with Gasteiger partial charge < -0.3 is 15.1 Å². The number of likely N-dealkylation sites (N-methyl/N-ethyl adjacent to an activating group) is 1. The van der Waals surface area contributed by atoms with Crippen LogP contribution in [0.5, 0.6) is 0 Å². The number of hydrogen-bond donors (Lipinski definition) is 1. The predicted molar refractivity (Wildman–Crippen MR) is 107 cm³/mol. The van der Waals surface area contributed by atoms with Gasteiger partial charge in [0.15, 0.2) is 5.96 Å². The lowest BCUT2D eigenvalue weighted by Gasteiger charge is -2.34. The number of aliphatic imine (C=N–C) groups is 1. The summed E-state index contributed by atoms with van der Waals surface area (Å²) in [6, 6.07) is 10.4. The smallest absolute Gasteiger partial charge is 0.243 e. The molecule has 1 fully saturated rings. The number of carbonyl (C=O) groups excluding carboxylic acids is 1. The van der Waals surface area contributed by atoms with Crippen LogP contribution in [0.2, 0.25) is 0 Å². The van der Waals surface area contributed by atoms with Gasteiger partial charge in [-0.3, -0.25) is 4.79 Å². The first-order chi connectivity index (χ1) is 12.1. The van der Waals surface area contributed by atoms with Crippen molar-refractivity contribution in [1.82, 2.24) is 15.1 Å². The Morgan fingerprint density at radius 2 is 2.12 bits per heavy atom. The monoisotopic (exact) mass is 362 g/mol. The molecule has 1 aromatic carbocycles. The first kappa shape index (κ1) is 19.6. The van der Waals surface area contributed by atoms with Crippen LogP contribution in [0.1, 0.15) is 18.9 Å². The molecule has 1 heterocycles. The maximum Gasteiger partial charge on any atom is 0.243 e. The highest BCUT2D eigenvalue weighted by Gasteiger charge is 2.21. The summed E-state index contributed by atoms with van der Waals surface area (Å²) in [5.74, 6) is 2.00. The standard InChI is InChI=1S/C19H30N4OS/c1-4-17-15-23(12-13-25-17)19(21-14-18(24)22(2)3)20-11-10-16-8-6-5-7-9-16/h5-9,17H,4,10-15H2,1-3H3,(H,20,21). The fourth-order valence-electron chi connectivity index (χ4n) is 2.67. The Morgan fingerprint density at radius 1 is 1.36 bits per heavy atom. The highest BCUT2D eigenvalue weighted by molar-refractivity contribution is 8.00. The normalized spacial score (nSPS) is 18.1. The fraction of sp³-hybridized carbons (Fsp3) is 0.579. The molecule has 1 aromatic rings. The Labute approximate surface area is 155 Å². The van der Waals surface area contributed by atoms with Gasteiger partial charge in [0, 0.05) is 44.7 Å². The van der Waals surface area contributed by atoms with Gasteiger partial charge in [-0.15, -0.1) is 0 Å². The molecular formula is C19H30N4OS. The lowest BCUT2D eigenvalue weighted by atomic mass is 10.1. The third-order valence-electron chi connectivity index (χ3n) is 4.30. The molecule has 1 aliphatic rings. The molecule has 1 atom stereocenters. The molecule has 1 N–H and O–H groups in total. The van der Waals surface area contributed by atoms with Crippen LogP contribution in [0.15, 0.2) is 35.3 Å². The van der Waals surface area contributed by atoms with Gasteiger partial charge in [-0.05, 0) is 18.4 Å². The van der Waals surface area contributed by atoms with Gasteiger partial charge in [-0.2, -0.15) is 11.8 Å². The number of nitrogens with zero attached hydrogens (tertiary/aromatic N) is 3. The molecule has 5 nitrogen and oxygen atoms in total. The summed E-state index contributed by atoms with van der Waals surface area (Å²) >= 11 is 2.03. The van der Waals surface area contributed by atoms with Crippen LogP contribution in [0.25, 0.3) is 0 Å². The number of thioether (sulfide) groups is 1. The van der Waals surface area contributed by atoms with E-state index in [1.165, 1.54) is 5.56 Å². The van der Waals surface area contributed by atoms with Gasteiger partial charge in [0.05, 0.1) is 0 Å². The lowest BCUT2D eigenvalue weighted by Crippen LogP contribution is -2.48. The zero-order chi connectivity index (χ0) is 18.1. The number of guanidine groups is 1. The molecule has 2 rings (SSSR count). The van der Waals surface area contributed by atoms with Gasteiger partial charge in [-0.1, -0.05) is 37.3 Å². The van der Waals surface area contributed by atoms with Gasteiger partial charge in [0.25, 0.3) is 0 Å². The molecule has 0 radical (unpaired) electrons. The van der Waals surface area contributed by atoms with Crippen molar-refractivity contribution in [3.05, 3.63) is 35.9 Å². The third kappa shape index (κ3) is 6.61. The SMILES string of the molecule is CCC1CN(C(=NCC(=O)N(C)C)NCCc2ccccc2)CCS1. The minimum absolute atomic E-state index is 0.0285. The Morgan fingerprint density at radius 3 is 2.80 bits per heavy atom. The summed E-state index contributed by atoms with van der Waals surface area (Å²) < 4.78 is 0. The van der Waals surface area contributed by atoms with Crippen LogP contribution in [0, 0.1) is 0 Å². The minimum atomic E-state index is 0.0285. The van der Waals surface area contributed by atoms with Crippen molar-refractivity contribution in [1.29, 1.82) is 0 Å². The van der Waals surface area contributed by atoms with E-state index in [0.29, 0.717) is 5.25 Å². The topological polar surface area (TPSA) is 47.9 Å². The zero-order valence-electron chi connectivity index (χ0n) is 15.6. The highest BCUT2D eigenvalue weighted by Crippen LogP contribution is 2.21. The third-order valence-corrected chi connectivity index (χ3v) is 5.67. The number of rotatable bonds is 6. The Hall–Kier alpha value is -1.69. The Kier molecular flexibility index (Phi) is 8.12. The van der Waals surface area contributed by atoms with Crippen molar-refractivity contribution in [2.24, 2.45) is 4.99 Å². The minimum Gasteiger partial charge on any atom is -0.356 e. The maximum atomic E-state index is 11.9. The lowest BCUT2D eigenvalue weighted by molar-refractivity contribution is -0.127. The quantitative estimate of drug-likeness (QED) is 0.622. The van der Waals surface area contributed by atoms with E-state index in [1.54, 1.807) is 19.0 Å². The fourth-order valence-corrected chi connectivity index (χ4v) is 3.85. The molecule has 1 amide bonds. The van der Waals surface area contributed by atoms with Gasteiger partial charge in [0.1, 0.15) is 6.54 Å². The van der Waals surface area contributed by atoms with E-state index in [0.717, 1.165) is 44.2 Å². The van der Waals surface area contributed by atoms with Crippen molar-refractivity contribution in [2.45, 2.75) is 25.0 Å². The molecule has 25 heavy (non-hydrogen) atoms. The van der Waals surface area contributed by atoms with Crippen molar-refractivity contribution < 1.29 is 4.79 Å². The van der Waals surface area contributed by atoms with Crippen LogP contribution in [-0.2, 0) is 11.2 Å².